The fourth-order valence-electron chi connectivity index (χ4n) is 2.05. The highest BCUT2D eigenvalue weighted by Gasteiger charge is 2.02. The zero-order chi connectivity index (χ0) is 16.7. The van der Waals surface area contributed by atoms with E-state index in [1.807, 2.05) is 48.0 Å². The summed E-state index contributed by atoms with van der Waals surface area (Å²) in [6, 6.07) is 5.75. The molecule has 0 aliphatic rings. The van der Waals surface area contributed by atoms with Crippen LogP contribution in [0.3, 0.4) is 0 Å². The Morgan fingerprint density at radius 3 is 2.91 bits per heavy atom. The van der Waals surface area contributed by atoms with Crippen LogP contribution in [-0.2, 0) is 11.3 Å². The summed E-state index contributed by atoms with van der Waals surface area (Å²) in [5.74, 6) is -0.122. The maximum absolute atomic E-state index is 11.8. The molecule has 0 aliphatic heterocycles. The summed E-state index contributed by atoms with van der Waals surface area (Å²) in [7, 11) is 3.91. The first-order valence-electron chi connectivity index (χ1n) is 7.45. The van der Waals surface area contributed by atoms with Crippen molar-refractivity contribution in [3.05, 3.63) is 53.6 Å². The van der Waals surface area contributed by atoms with Crippen LogP contribution in [0.1, 0.15) is 12.0 Å². The fraction of sp³-hybridized carbons (Fsp3) is 0.294. The second-order valence-corrected chi connectivity index (χ2v) is 5.79. The first-order valence-corrected chi connectivity index (χ1v) is 7.82. The van der Waals surface area contributed by atoms with E-state index in [-0.39, 0.29) is 5.91 Å². The van der Waals surface area contributed by atoms with Gasteiger partial charge in [-0.15, -0.1) is 0 Å². The smallest absolute Gasteiger partial charge is 0.244 e. The summed E-state index contributed by atoms with van der Waals surface area (Å²) < 4.78 is 1.98. The molecule has 1 amide bonds. The van der Waals surface area contributed by atoms with Crippen LogP contribution in [0.5, 0.6) is 0 Å². The summed E-state index contributed by atoms with van der Waals surface area (Å²) in [6.45, 7) is 1.45. The number of anilines is 1. The van der Waals surface area contributed by atoms with Gasteiger partial charge in [-0.1, -0.05) is 17.7 Å². The van der Waals surface area contributed by atoms with Gasteiger partial charge >= 0.3 is 0 Å². The topological polar surface area (TPSA) is 50.2 Å². The van der Waals surface area contributed by atoms with Gasteiger partial charge in [-0.25, -0.2) is 4.98 Å². The predicted octanol–water partition coefficient (Wildman–Crippen LogP) is 2.82. The van der Waals surface area contributed by atoms with Gasteiger partial charge < -0.3 is 14.8 Å². The van der Waals surface area contributed by atoms with Crippen molar-refractivity contribution in [2.75, 3.05) is 25.5 Å². The SMILES string of the molecule is CN(C)c1ccc(/C=C/C(=O)NCCCn2ccnc2)c(Cl)c1. The number of nitrogens with one attached hydrogen (secondary N) is 1. The number of imidazole rings is 1. The number of nitrogens with zero attached hydrogens (tertiary/aromatic N) is 3. The second-order valence-electron chi connectivity index (χ2n) is 5.38. The molecule has 6 heteroatoms. The van der Waals surface area contributed by atoms with Gasteiger partial charge in [0.2, 0.25) is 5.91 Å². The van der Waals surface area contributed by atoms with Crippen LogP contribution in [0.4, 0.5) is 5.69 Å². The second kappa shape index (κ2) is 8.39. The van der Waals surface area contributed by atoms with Crippen LogP contribution >= 0.6 is 11.6 Å². The van der Waals surface area contributed by atoms with E-state index in [0.717, 1.165) is 24.2 Å². The minimum Gasteiger partial charge on any atom is -0.378 e. The summed E-state index contributed by atoms with van der Waals surface area (Å²) in [4.78, 5) is 17.7. The minimum absolute atomic E-state index is 0.122. The van der Waals surface area contributed by atoms with Crippen LogP contribution in [0.15, 0.2) is 43.0 Å². The summed E-state index contributed by atoms with van der Waals surface area (Å²) in [6.07, 6.45) is 9.50. The van der Waals surface area contributed by atoms with Crippen LogP contribution < -0.4 is 10.2 Å². The summed E-state index contributed by atoms with van der Waals surface area (Å²) in [5.41, 5.74) is 1.85. The molecule has 5 nitrogen and oxygen atoms in total. The number of amides is 1. The lowest BCUT2D eigenvalue weighted by molar-refractivity contribution is -0.116. The summed E-state index contributed by atoms with van der Waals surface area (Å²) >= 11 is 6.22. The third-order valence-electron chi connectivity index (χ3n) is 3.37. The third-order valence-corrected chi connectivity index (χ3v) is 3.69. The van der Waals surface area contributed by atoms with E-state index in [2.05, 4.69) is 10.3 Å². The Bertz CT molecular complexity index is 665. The first kappa shape index (κ1) is 17.1. The largest absolute Gasteiger partial charge is 0.378 e. The normalized spacial score (nSPS) is 10.9. The number of carbonyl (C=O) groups is 1. The molecule has 0 bridgehead atoms. The zero-order valence-corrected chi connectivity index (χ0v) is 14.1. The first-order chi connectivity index (χ1) is 11.1. The van der Waals surface area contributed by atoms with Gasteiger partial charge in [-0.2, -0.15) is 0 Å². The molecule has 0 aliphatic carbocycles. The Hall–Kier alpha value is -2.27. The van der Waals surface area contributed by atoms with Crippen LogP contribution in [-0.4, -0.2) is 36.1 Å². The molecule has 23 heavy (non-hydrogen) atoms. The average Bonchev–Trinajstić information content (AvgIpc) is 3.03. The van der Waals surface area contributed by atoms with Crippen molar-refractivity contribution >= 4 is 29.3 Å². The maximum Gasteiger partial charge on any atom is 0.244 e. The zero-order valence-electron chi connectivity index (χ0n) is 13.4. The average molecular weight is 333 g/mol. The number of aromatic nitrogens is 2. The van der Waals surface area contributed by atoms with Crippen molar-refractivity contribution in [3.8, 4) is 0 Å². The number of hydrogen-bond donors (Lipinski definition) is 1. The Morgan fingerprint density at radius 1 is 1.43 bits per heavy atom. The molecule has 0 fully saturated rings. The number of halogens is 1. The third kappa shape index (κ3) is 5.45. The monoisotopic (exact) mass is 332 g/mol. The quantitative estimate of drug-likeness (QED) is 0.626. The van der Waals surface area contributed by atoms with Crippen molar-refractivity contribution in [3.63, 3.8) is 0 Å². The van der Waals surface area contributed by atoms with Gasteiger partial charge in [0.1, 0.15) is 0 Å². The molecule has 0 unspecified atom stereocenters. The lowest BCUT2D eigenvalue weighted by Gasteiger charge is -2.13. The van der Waals surface area contributed by atoms with Crippen LogP contribution in [0, 0.1) is 0 Å². The molecule has 0 saturated carbocycles. The van der Waals surface area contributed by atoms with Gasteiger partial charge in [0, 0.05) is 56.4 Å². The van der Waals surface area contributed by atoms with E-state index < -0.39 is 0 Å². The van der Waals surface area contributed by atoms with E-state index >= 15 is 0 Å². The van der Waals surface area contributed by atoms with Crippen LogP contribution in [0.2, 0.25) is 5.02 Å². The number of carbonyl (C=O) groups excluding carboxylic acids is 1. The van der Waals surface area contributed by atoms with Gasteiger partial charge in [0.25, 0.3) is 0 Å². The van der Waals surface area contributed by atoms with Crippen molar-refractivity contribution in [2.24, 2.45) is 0 Å². The van der Waals surface area contributed by atoms with E-state index in [0.29, 0.717) is 11.6 Å². The van der Waals surface area contributed by atoms with Gasteiger partial charge in [0.15, 0.2) is 0 Å². The molecule has 2 rings (SSSR count). The highest BCUT2D eigenvalue weighted by molar-refractivity contribution is 6.32. The molecule has 0 atom stereocenters. The van der Waals surface area contributed by atoms with E-state index in [9.17, 15) is 4.79 Å². The van der Waals surface area contributed by atoms with Crippen LogP contribution in [0.25, 0.3) is 6.08 Å². The molecular weight excluding hydrogens is 312 g/mol. The molecule has 0 saturated heterocycles. The Labute approximate surface area is 141 Å². The highest BCUT2D eigenvalue weighted by atomic mass is 35.5. The molecule has 1 N–H and O–H groups in total. The molecule has 1 heterocycles. The molecule has 2 aromatic rings. The van der Waals surface area contributed by atoms with E-state index in [4.69, 9.17) is 11.6 Å². The predicted molar refractivity (Wildman–Crippen MR) is 94.7 cm³/mol. The number of hydrogen-bond acceptors (Lipinski definition) is 3. The van der Waals surface area contributed by atoms with E-state index in [1.54, 1.807) is 18.6 Å². The molecule has 0 spiro atoms. The standard InChI is InChI=1S/C17H21ClN4O/c1-21(2)15-6-4-14(16(18)12-15)5-7-17(23)20-8-3-10-22-11-9-19-13-22/h4-7,9,11-13H,3,8,10H2,1-2H3,(H,20,23)/b7-5+. The Morgan fingerprint density at radius 2 is 2.26 bits per heavy atom. The lowest BCUT2D eigenvalue weighted by Crippen LogP contribution is -2.22. The number of rotatable bonds is 7. The number of aryl methyl sites for hydroxylation is 1. The minimum atomic E-state index is -0.122. The van der Waals surface area contributed by atoms with E-state index in [1.165, 1.54) is 6.08 Å². The lowest BCUT2D eigenvalue weighted by atomic mass is 10.2. The molecular formula is C17H21ClN4O. The molecule has 1 aromatic carbocycles. The van der Waals surface area contributed by atoms with Crippen molar-refractivity contribution in [2.45, 2.75) is 13.0 Å². The van der Waals surface area contributed by atoms with Gasteiger partial charge in [0.05, 0.1) is 6.33 Å². The van der Waals surface area contributed by atoms with Crippen molar-refractivity contribution in [1.29, 1.82) is 0 Å². The molecule has 0 radical (unpaired) electrons. The molecule has 1 aromatic heterocycles. The Balaban J connectivity index is 1.79. The van der Waals surface area contributed by atoms with Crippen molar-refractivity contribution < 1.29 is 4.79 Å². The van der Waals surface area contributed by atoms with Crippen molar-refractivity contribution in [1.82, 2.24) is 14.9 Å². The van der Waals surface area contributed by atoms with Gasteiger partial charge in [-0.05, 0) is 30.2 Å². The maximum atomic E-state index is 11.8. The van der Waals surface area contributed by atoms with Gasteiger partial charge in [-0.3, -0.25) is 4.79 Å². The Kier molecular flexibility index (Phi) is 6.23. The number of benzene rings is 1. The molecule has 122 valence electrons. The fourth-order valence-corrected chi connectivity index (χ4v) is 2.28. The summed E-state index contributed by atoms with van der Waals surface area (Å²) in [5, 5.41) is 3.48. The highest BCUT2D eigenvalue weighted by Crippen LogP contribution is 2.23.